The molecule has 0 aliphatic heterocycles. The minimum atomic E-state index is -0.601. The summed E-state index contributed by atoms with van der Waals surface area (Å²) in [5, 5.41) is 33.4. The van der Waals surface area contributed by atoms with Crippen LogP contribution in [0, 0.1) is 10.1 Å². The first kappa shape index (κ1) is 17.4. The second kappa shape index (κ2) is 7.09. The van der Waals surface area contributed by atoms with Crippen molar-refractivity contribution in [1.82, 2.24) is 5.43 Å². The lowest BCUT2D eigenvalue weighted by molar-refractivity contribution is -0.385. The van der Waals surface area contributed by atoms with Crippen molar-refractivity contribution in [2.45, 2.75) is 6.92 Å². The molecule has 8 nitrogen and oxygen atoms in total. The summed E-state index contributed by atoms with van der Waals surface area (Å²) in [5.41, 5.74) is 3.10. The van der Waals surface area contributed by atoms with Crippen LogP contribution >= 0.6 is 15.9 Å². The lowest BCUT2D eigenvalue weighted by Crippen LogP contribution is -2.19. The number of nitrogens with zero attached hydrogens (tertiary/aromatic N) is 2. The number of nitrogens with one attached hydrogen (secondary N) is 1. The number of benzene rings is 2. The van der Waals surface area contributed by atoms with Gasteiger partial charge >= 0.3 is 0 Å². The number of nitro groups is 1. The molecule has 1 amide bonds. The van der Waals surface area contributed by atoms with Crippen LogP contribution < -0.4 is 5.43 Å². The lowest BCUT2D eigenvalue weighted by Gasteiger charge is -2.05. The molecule has 24 heavy (non-hydrogen) atoms. The van der Waals surface area contributed by atoms with Crippen molar-refractivity contribution < 1.29 is 19.9 Å². The van der Waals surface area contributed by atoms with Crippen LogP contribution in [0.5, 0.6) is 11.5 Å². The monoisotopic (exact) mass is 393 g/mol. The van der Waals surface area contributed by atoms with E-state index >= 15 is 0 Å². The van der Waals surface area contributed by atoms with Gasteiger partial charge in [-0.3, -0.25) is 14.9 Å². The number of hydrogen-bond donors (Lipinski definition) is 3. The third-order valence-corrected chi connectivity index (χ3v) is 3.79. The van der Waals surface area contributed by atoms with E-state index in [-0.39, 0.29) is 17.0 Å². The molecule has 0 atom stereocenters. The number of halogens is 1. The van der Waals surface area contributed by atoms with Crippen molar-refractivity contribution in [2.24, 2.45) is 5.10 Å². The first-order chi connectivity index (χ1) is 11.3. The van der Waals surface area contributed by atoms with Crippen LogP contribution in [0.3, 0.4) is 0 Å². The summed E-state index contributed by atoms with van der Waals surface area (Å²) >= 11 is 3.09. The van der Waals surface area contributed by atoms with Gasteiger partial charge in [0.05, 0.1) is 15.1 Å². The van der Waals surface area contributed by atoms with E-state index in [4.69, 9.17) is 0 Å². The molecule has 0 heterocycles. The molecule has 0 aliphatic rings. The summed E-state index contributed by atoms with van der Waals surface area (Å²) in [5.74, 6) is -1.36. The lowest BCUT2D eigenvalue weighted by atomic mass is 10.1. The number of hydrazone groups is 1. The summed E-state index contributed by atoms with van der Waals surface area (Å²) in [4.78, 5) is 22.3. The summed E-state index contributed by atoms with van der Waals surface area (Å²) in [7, 11) is 0. The zero-order valence-electron chi connectivity index (χ0n) is 12.4. The van der Waals surface area contributed by atoms with E-state index in [0.717, 1.165) is 6.07 Å². The number of carbonyl (C=O) groups is 1. The second-order valence-corrected chi connectivity index (χ2v) is 5.62. The van der Waals surface area contributed by atoms with Crippen LogP contribution in [0.15, 0.2) is 46.0 Å². The van der Waals surface area contributed by atoms with Crippen LogP contribution in [-0.2, 0) is 0 Å². The SMILES string of the molecule is C/C(=N\NC(=O)c1ccc(O)c(O)c1)c1ccc(Br)c([N+](=O)[O-])c1. The molecule has 0 bridgehead atoms. The molecular weight excluding hydrogens is 382 g/mol. The maximum atomic E-state index is 11.9. The largest absolute Gasteiger partial charge is 0.504 e. The predicted molar refractivity (Wildman–Crippen MR) is 90.2 cm³/mol. The molecule has 3 N–H and O–H groups in total. The number of aromatic hydroxyl groups is 2. The van der Waals surface area contributed by atoms with Gasteiger partial charge in [-0.05, 0) is 47.1 Å². The van der Waals surface area contributed by atoms with E-state index < -0.39 is 16.6 Å². The molecule has 0 aliphatic carbocycles. The Balaban J connectivity index is 2.19. The average Bonchev–Trinajstić information content (AvgIpc) is 2.55. The van der Waals surface area contributed by atoms with E-state index in [1.54, 1.807) is 13.0 Å². The summed E-state index contributed by atoms with van der Waals surface area (Å²) in [6, 6.07) is 8.07. The first-order valence-electron chi connectivity index (χ1n) is 6.60. The van der Waals surface area contributed by atoms with Gasteiger partial charge in [0.2, 0.25) is 0 Å². The van der Waals surface area contributed by atoms with Crippen LogP contribution in [0.25, 0.3) is 0 Å². The van der Waals surface area contributed by atoms with Crippen molar-refractivity contribution in [2.75, 3.05) is 0 Å². The van der Waals surface area contributed by atoms with Crippen LogP contribution in [0.1, 0.15) is 22.8 Å². The number of hydrogen-bond acceptors (Lipinski definition) is 6. The molecule has 0 unspecified atom stereocenters. The van der Waals surface area contributed by atoms with E-state index in [1.165, 1.54) is 24.3 Å². The molecule has 2 aromatic carbocycles. The Labute approximate surface area is 144 Å². The molecule has 2 rings (SSSR count). The minimum absolute atomic E-state index is 0.101. The molecule has 0 saturated carbocycles. The normalized spacial score (nSPS) is 11.2. The van der Waals surface area contributed by atoms with Crippen LogP contribution in [-0.4, -0.2) is 26.8 Å². The number of carbonyl (C=O) groups excluding carboxylic acids is 1. The Morgan fingerprint density at radius 2 is 1.83 bits per heavy atom. The highest BCUT2D eigenvalue weighted by atomic mass is 79.9. The number of nitro benzene ring substituents is 1. The topological polar surface area (TPSA) is 125 Å². The van der Waals surface area contributed by atoms with E-state index in [0.29, 0.717) is 15.7 Å². The molecule has 0 fully saturated rings. The Hall–Kier alpha value is -2.94. The molecule has 124 valence electrons. The van der Waals surface area contributed by atoms with Crippen molar-refractivity contribution in [3.63, 3.8) is 0 Å². The smallest absolute Gasteiger partial charge is 0.284 e. The minimum Gasteiger partial charge on any atom is -0.504 e. The van der Waals surface area contributed by atoms with Crippen molar-refractivity contribution in [3.8, 4) is 11.5 Å². The van der Waals surface area contributed by atoms with Crippen LogP contribution in [0.2, 0.25) is 0 Å². The highest BCUT2D eigenvalue weighted by Gasteiger charge is 2.14. The maximum Gasteiger partial charge on any atom is 0.284 e. The third-order valence-electron chi connectivity index (χ3n) is 3.12. The van der Waals surface area contributed by atoms with E-state index in [9.17, 15) is 25.1 Å². The summed E-state index contributed by atoms with van der Waals surface area (Å²) < 4.78 is 0.340. The van der Waals surface area contributed by atoms with Crippen molar-refractivity contribution >= 4 is 33.2 Å². The molecule has 2 aromatic rings. The Bertz CT molecular complexity index is 851. The molecule has 0 radical (unpaired) electrons. The number of amides is 1. The molecule has 0 aromatic heterocycles. The van der Waals surface area contributed by atoms with E-state index in [1.807, 2.05) is 0 Å². The van der Waals surface area contributed by atoms with Crippen LogP contribution in [0.4, 0.5) is 5.69 Å². The number of phenolic OH excluding ortho intramolecular Hbond substituents is 2. The van der Waals surface area contributed by atoms with Gasteiger partial charge in [0.25, 0.3) is 11.6 Å². The quantitative estimate of drug-likeness (QED) is 0.318. The van der Waals surface area contributed by atoms with Gasteiger partial charge < -0.3 is 10.2 Å². The van der Waals surface area contributed by atoms with Gasteiger partial charge in [0.15, 0.2) is 11.5 Å². The molecule has 9 heteroatoms. The Morgan fingerprint density at radius 1 is 1.17 bits per heavy atom. The summed E-state index contributed by atoms with van der Waals surface area (Å²) in [6.45, 7) is 1.58. The average molecular weight is 394 g/mol. The highest BCUT2D eigenvalue weighted by molar-refractivity contribution is 9.10. The molecule has 0 saturated heterocycles. The fourth-order valence-electron chi connectivity index (χ4n) is 1.81. The van der Waals surface area contributed by atoms with Gasteiger partial charge in [-0.15, -0.1) is 0 Å². The zero-order chi connectivity index (χ0) is 17.9. The number of phenols is 2. The Morgan fingerprint density at radius 3 is 2.46 bits per heavy atom. The fraction of sp³-hybridized carbons (Fsp3) is 0.0667. The standard InChI is InChI=1S/C15H12BrN3O5/c1-8(9-2-4-11(16)12(6-9)19(23)24)17-18-15(22)10-3-5-13(20)14(21)7-10/h2-7,20-21H,1H3,(H,18,22)/b17-8+. The van der Waals surface area contributed by atoms with Gasteiger partial charge in [-0.25, -0.2) is 5.43 Å². The second-order valence-electron chi connectivity index (χ2n) is 4.76. The molecular formula is C15H12BrN3O5. The van der Waals surface area contributed by atoms with Crippen molar-refractivity contribution in [1.29, 1.82) is 0 Å². The van der Waals surface area contributed by atoms with Gasteiger partial charge in [-0.1, -0.05) is 6.07 Å². The first-order valence-corrected chi connectivity index (χ1v) is 7.40. The number of rotatable bonds is 4. The zero-order valence-corrected chi connectivity index (χ0v) is 13.9. The van der Waals surface area contributed by atoms with E-state index in [2.05, 4.69) is 26.5 Å². The van der Waals surface area contributed by atoms with Gasteiger partial charge in [0.1, 0.15) is 0 Å². The summed E-state index contributed by atoms with van der Waals surface area (Å²) in [6.07, 6.45) is 0. The molecule has 0 spiro atoms. The van der Waals surface area contributed by atoms with Gasteiger partial charge in [0, 0.05) is 17.2 Å². The third kappa shape index (κ3) is 3.87. The predicted octanol–water partition coefficient (Wildman–Crippen LogP) is 2.92. The maximum absolute atomic E-state index is 11.9. The van der Waals surface area contributed by atoms with Gasteiger partial charge in [-0.2, -0.15) is 5.10 Å². The Kier molecular flexibility index (Phi) is 5.14. The highest BCUT2D eigenvalue weighted by Crippen LogP contribution is 2.26. The fourth-order valence-corrected chi connectivity index (χ4v) is 2.20. The van der Waals surface area contributed by atoms with Crippen molar-refractivity contribution in [3.05, 3.63) is 62.1 Å².